The maximum Gasteiger partial charge on any atom is 0.263 e. The fraction of sp³-hybridized carbons (Fsp3) is 0.688. The van der Waals surface area contributed by atoms with Gasteiger partial charge in [-0.25, -0.2) is 0 Å². The normalized spacial score (nSPS) is 16.4. The summed E-state index contributed by atoms with van der Waals surface area (Å²) >= 11 is 1.70. The van der Waals surface area contributed by atoms with Crippen molar-refractivity contribution >= 4 is 17.2 Å². The van der Waals surface area contributed by atoms with E-state index in [4.69, 9.17) is 0 Å². The third-order valence-corrected chi connectivity index (χ3v) is 5.37. The molecule has 1 aromatic heterocycles. The lowest BCUT2D eigenvalue weighted by Crippen LogP contribution is -2.43. The van der Waals surface area contributed by atoms with Crippen molar-refractivity contribution in [2.75, 3.05) is 20.1 Å². The molecule has 1 saturated heterocycles. The molecule has 20 heavy (non-hydrogen) atoms. The van der Waals surface area contributed by atoms with Crippen LogP contribution in [0.5, 0.6) is 0 Å². The van der Waals surface area contributed by atoms with Crippen molar-refractivity contribution in [1.29, 1.82) is 0 Å². The van der Waals surface area contributed by atoms with Gasteiger partial charge in [-0.1, -0.05) is 20.3 Å². The second-order valence-electron chi connectivity index (χ2n) is 5.56. The van der Waals surface area contributed by atoms with Crippen molar-refractivity contribution in [2.45, 2.75) is 52.0 Å². The van der Waals surface area contributed by atoms with Crippen LogP contribution in [0.15, 0.2) is 6.07 Å². The summed E-state index contributed by atoms with van der Waals surface area (Å²) in [6.07, 6.45) is 5.39. The molecule has 4 heteroatoms. The summed E-state index contributed by atoms with van der Waals surface area (Å²) in [6, 6.07) is 2.51. The number of hydrogen-bond donors (Lipinski definition) is 1. The monoisotopic (exact) mass is 294 g/mol. The lowest BCUT2D eigenvalue weighted by Gasteiger charge is -2.31. The Balaban J connectivity index is 2.11. The molecule has 0 saturated carbocycles. The van der Waals surface area contributed by atoms with Crippen LogP contribution in [0.25, 0.3) is 0 Å². The Kier molecular flexibility index (Phi) is 5.61. The second-order valence-corrected chi connectivity index (χ2v) is 6.70. The van der Waals surface area contributed by atoms with Crippen LogP contribution >= 0.6 is 11.3 Å². The van der Waals surface area contributed by atoms with Gasteiger partial charge in [-0.15, -0.1) is 11.3 Å². The van der Waals surface area contributed by atoms with Crippen LogP contribution in [-0.4, -0.2) is 37.0 Å². The molecule has 1 amide bonds. The maximum atomic E-state index is 12.6. The van der Waals surface area contributed by atoms with Crippen molar-refractivity contribution in [2.24, 2.45) is 0 Å². The molecule has 0 radical (unpaired) electrons. The zero-order chi connectivity index (χ0) is 14.5. The van der Waals surface area contributed by atoms with Crippen molar-refractivity contribution in [3.63, 3.8) is 0 Å². The highest BCUT2D eigenvalue weighted by Gasteiger charge is 2.24. The van der Waals surface area contributed by atoms with Crippen LogP contribution in [0.3, 0.4) is 0 Å². The average Bonchev–Trinajstić information content (AvgIpc) is 2.90. The number of hydrogen-bond acceptors (Lipinski definition) is 3. The molecule has 1 aliphatic heterocycles. The van der Waals surface area contributed by atoms with Gasteiger partial charge in [-0.2, -0.15) is 0 Å². The Hall–Kier alpha value is -0.870. The number of carbonyl (C=O) groups excluding carboxylic acids is 1. The molecule has 2 heterocycles. The van der Waals surface area contributed by atoms with E-state index in [-0.39, 0.29) is 5.91 Å². The van der Waals surface area contributed by atoms with Crippen molar-refractivity contribution in [3.8, 4) is 0 Å². The van der Waals surface area contributed by atoms with E-state index in [2.05, 4.69) is 25.2 Å². The van der Waals surface area contributed by atoms with E-state index in [9.17, 15) is 4.79 Å². The van der Waals surface area contributed by atoms with E-state index in [0.717, 1.165) is 50.1 Å². The Morgan fingerprint density at radius 3 is 2.70 bits per heavy atom. The lowest BCUT2D eigenvalue weighted by atomic mass is 10.1. The summed E-state index contributed by atoms with van der Waals surface area (Å²) in [5, 5.41) is 3.35. The third-order valence-electron chi connectivity index (χ3n) is 4.14. The van der Waals surface area contributed by atoms with Crippen LogP contribution < -0.4 is 5.32 Å². The van der Waals surface area contributed by atoms with Crippen LogP contribution in [0.1, 0.15) is 53.2 Å². The minimum atomic E-state index is 0.207. The Bertz CT molecular complexity index is 449. The number of carbonyl (C=O) groups is 1. The van der Waals surface area contributed by atoms with Crippen molar-refractivity contribution in [1.82, 2.24) is 10.2 Å². The fourth-order valence-electron chi connectivity index (χ4n) is 2.84. The van der Waals surface area contributed by atoms with E-state index in [0.29, 0.717) is 6.04 Å². The largest absolute Gasteiger partial charge is 0.338 e. The number of nitrogens with one attached hydrogen (secondary N) is 1. The van der Waals surface area contributed by atoms with Gasteiger partial charge >= 0.3 is 0 Å². The molecule has 0 spiro atoms. The SMILES string of the molecule is CCCc1sc(C(=O)N(C)C2CCNCC2)cc1CC. The molecule has 3 nitrogen and oxygen atoms in total. The second kappa shape index (κ2) is 7.23. The average molecular weight is 294 g/mol. The summed E-state index contributed by atoms with van der Waals surface area (Å²) in [4.78, 5) is 16.9. The molecule has 112 valence electrons. The van der Waals surface area contributed by atoms with Crippen molar-refractivity contribution in [3.05, 3.63) is 21.4 Å². The molecule has 0 bridgehead atoms. The predicted molar refractivity (Wildman–Crippen MR) is 85.7 cm³/mol. The van der Waals surface area contributed by atoms with E-state index < -0.39 is 0 Å². The first-order valence-electron chi connectivity index (χ1n) is 7.76. The summed E-state index contributed by atoms with van der Waals surface area (Å²) in [5.74, 6) is 0.207. The van der Waals surface area contributed by atoms with Gasteiger partial charge in [0.25, 0.3) is 5.91 Å². The van der Waals surface area contributed by atoms with Gasteiger partial charge in [0.1, 0.15) is 0 Å². The van der Waals surface area contributed by atoms with Gasteiger partial charge in [0, 0.05) is 18.0 Å². The number of rotatable bonds is 5. The summed E-state index contributed by atoms with van der Waals surface area (Å²) < 4.78 is 0. The van der Waals surface area contributed by atoms with Crippen LogP contribution in [0, 0.1) is 0 Å². The van der Waals surface area contributed by atoms with E-state index in [1.165, 1.54) is 10.4 Å². The first-order chi connectivity index (χ1) is 9.67. The smallest absolute Gasteiger partial charge is 0.263 e. The molecule has 0 aliphatic carbocycles. The Labute approximate surface area is 126 Å². The van der Waals surface area contributed by atoms with Crippen LogP contribution in [0.4, 0.5) is 0 Å². The van der Waals surface area contributed by atoms with Crippen LogP contribution in [-0.2, 0) is 12.8 Å². The summed E-state index contributed by atoms with van der Waals surface area (Å²) in [6.45, 7) is 6.41. The van der Waals surface area contributed by atoms with Gasteiger partial charge in [-0.05, 0) is 50.4 Å². The van der Waals surface area contributed by atoms with Gasteiger partial charge in [0.2, 0.25) is 0 Å². The number of nitrogens with zero attached hydrogens (tertiary/aromatic N) is 1. The standard InChI is InChI=1S/C16H26N2OS/c1-4-6-14-12(5-2)11-15(20-14)16(19)18(3)13-7-9-17-10-8-13/h11,13,17H,4-10H2,1-3H3. The zero-order valence-corrected chi connectivity index (χ0v) is 13.7. The lowest BCUT2D eigenvalue weighted by molar-refractivity contribution is 0.0708. The highest BCUT2D eigenvalue weighted by Crippen LogP contribution is 2.26. The van der Waals surface area contributed by atoms with Gasteiger partial charge in [0.05, 0.1) is 4.88 Å². The van der Waals surface area contributed by atoms with Crippen molar-refractivity contribution < 1.29 is 4.79 Å². The molecular weight excluding hydrogens is 268 g/mol. The van der Waals surface area contributed by atoms with Gasteiger partial charge in [0.15, 0.2) is 0 Å². The topological polar surface area (TPSA) is 32.3 Å². The highest BCUT2D eigenvalue weighted by molar-refractivity contribution is 7.14. The molecule has 1 aromatic rings. The summed E-state index contributed by atoms with van der Waals surface area (Å²) in [5.41, 5.74) is 1.36. The van der Waals surface area contributed by atoms with Gasteiger partial charge < -0.3 is 10.2 Å². The molecule has 1 fully saturated rings. The van der Waals surface area contributed by atoms with E-state index >= 15 is 0 Å². The van der Waals surface area contributed by atoms with Gasteiger partial charge in [-0.3, -0.25) is 4.79 Å². The predicted octanol–water partition coefficient (Wildman–Crippen LogP) is 3.09. The first-order valence-corrected chi connectivity index (χ1v) is 8.58. The quantitative estimate of drug-likeness (QED) is 0.905. The Morgan fingerprint density at radius 1 is 1.40 bits per heavy atom. The zero-order valence-electron chi connectivity index (χ0n) is 12.9. The highest BCUT2D eigenvalue weighted by atomic mass is 32.1. The summed E-state index contributed by atoms with van der Waals surface area (Å²) in [7, 11) is 1.96. The first kappa shape index (κ1) is 15.5. The van der Waals surface area contributed by atoms with Crippen LogP contribution in [0.2, 0.25) is 0 Å². The molecule has 1 N–H and O–H groups in total. The number of amides is 1. The molecular formula is C16H26N2OS. The molecule has 0 unspecified atom stereocenters. The number of aryl methyl sites for hydroxylation is 2. The number of thiophene rings is 1. The molecule has 0 atom stereocenters. The molecule has 2 rings (SSSR count). The third kappa shape index (κ3) is 3.41. The molecule has 1 aliphatic rings. The fourth-order valence-corrected chi connectivity index (χ4v) is 4.18. The number of piperidine rings is 1. The van der Waals surface area contributed by atoms with E-state index in [1.807, 2.05) is 11.9 Å². The molecule has 0 aromatic carbocycles. The minimum Gasteiger partial charge on any atom is -0.338 e. The minimum absolute atomic E-state index is 0.207. The Morgan fingerprint density at radius 2 is 2.10 bits per heavy atom. The maximum absolute atomic E-state index is 12.6. The van der Waals surface area contributed by atoms with E-state index in [1.54, 1.807) is 11.3 Å².